The fourth-order valence-electron chi connectivity index (χ4n) is 5.43. The summed E-state index contributed by atoms with van der Waals surface area (Å²) in [7, 11) is 0. The summed E-state index contributed by atoms with van der Waals surface area (Å²) in [5.74, 6) is 0. The van der Waals surface area contributed by atoms with Crippen LogP contribution in [0, 0.1) is 6.92 Å². The topological polar surface area (TPSA) is 7.12 Å². The second-order valence-corrected chi connectivity index (χ2v) is 13.3. The molecule has 1 aromatic heterocycles. The first kappa shape index (κ1) is 30.2. The minimum Gasteiger partial charge on any atom is -1.00 e. The zero-order chi connectivity index (χ0) is 27.5. The molecule has 0 N–H and O–H groups in total. The maximum Gasteiger partial charge on any atom is 0.262 e. The lowest BCUT2D eigenvalue weighted by Gasteiger charge is -2.22. The second kappa shape index (κ2) is 13.8. The van der Waals surface area contributed by atoms with E-state index < -0.39 is 0 Å². The van der Waals surface area contributed by atoms with Crippen LogP contribution >= 0.6 is 34.9 Å². The van der Waals surface area contributed by atoms with Crippen LogP contribution in [0.2, 0.25) is 0 Å². The third-order valence-corrected chi connectivity index (χ3v) is 11.0. The molecule has 2 nitrogen and oxygen atoms in total. The van der Waals surface area contributed by atoms with Crippen LogP contribution in [-0.4, -0.2) is 6.54 Å². The van der Waals surface area contributed by atoms with Crippen molar-refractivity contribution in [2.75, 3.05) is 11.4 Å². The maximum absolute atomic E-state index is 2.43. The van der Waals surface area contributed by atoms with Crippen molar-refractivity contribution in [3.63, 3.8) is 0 Å². The quantitative estimate of drug-likeness (QED) is 0.149. The Labute approximate surface area is 274 Å². The highest BCUT2D eigenvalue weighted by molar-refractivity contribution is 8.04. The highest BCUT2D eigenvalue weighted by atomic mass is 127. The number of anilines is 1. The van der Waals surface area contributed by atoms with Crippen LogP contribution in [0.1, 0.15) is 43.7 Å². The molecule has 6 rings (SSSR count). The number of rotatable bonds is 7. The van der Waals surface area contributed by atoms with Gasteiger partial charge in [0.1, 0.15) is 11.2 Å². The van der Waals surface area contributed by atoms with E-state index >= 15 is 0 Å². The summed E-state index contributed by atoms with van der Waals surface area (Å²) in [6.07, 6.45) is 12.9. The number of hydrogen-bond donors (Lipinski definition) is 0. The molecule has 0 saturated heterocycles. The van der Waals surface area contributed by atoms with E-state index in [1.807, 2.05) is 34.9 Å². The SMILES string of the molecule is CCN1/C(=C/C=C2\CCCC(/C=C/c3sc4ccccc4[n+]3CC)=C2Sc2ccc(C)cc2)Sc2ccccc21.[I-]. The number of allylic oxidation sites excluding steroid dienone is 5. The zero-order valence-corrected chi connectivity index (χ0v) is 28.4. The molecule has 41 heavy (non-hydrogen) atoms. The number of fused-ring (bicyclic) bond motifs is 2. The number of benzene rings is 3. The number of halogens is 1. The number of thiazole rings is 1. The van der Waals surface area contributed by atoms with Gasteiger partial charge in [-0.1, -0.05) is 89.0 Å². The molecular formula is C35H35IN2S3. The van der Waals surface area contributed by atoms with Crippen LogP contribution in [0.25, 0.3) is 16.3 Å². The molecule has 0 amide bonds. The van der Waals surface area contributed by atoms with Gasteiger partial charge in [0, 0.05) is 33.4 Å². The van der Waals surface area contributed by atoms with Gasteiger partial charge in [-0.25, -0.2) is 0 Å². The predicted molar refractivity (Wildman–Crippen MR) is 176 cm³/mol. The molecule has 0 spiro atoms. The molecule has 2 aliphatic rings. The average Bonchev–Trinajstić information content (AvgIpc) is 3.54. The van der Waals surface area contributed by atoms with Gasteiger partial charge in [-0.05, 0) is 87.6 Å². The molecule has 1 aliphatic heterocycles. The fourth-order valence-corrected chi connectivity index (χ4v) is 8.79. The summed E-state index contributed by atoms with van der Waals surface area (Å²) in [5, 5.41) is 2.63. The van der Waals surface area contributed by atoms with Gasteiger partial charge in [-0.15, -0.1) is 0 Å². The van der Waals surface area contributed by atoms with Crippen molar-refractivity contribution in [1.29, 1.82) is 0 Å². The lowest BCUT2D eigenvalue weighted by molar-refractivity contribution is -0.665. The van der Waals surface area contributed by atoms with E-state index in [2.05, 4.69) is 127 Å². The van der Waals surface area contributed by atoms with Crippen LogP contribution in [-0.2, 0) is 6.54 Å². The molecule has 0 bridgehead atoms. The molecule has 0 unspecified atom stereocenters. The highest BCUT2D eigenvalue weighted by Gasteiger charge is 2.24. The molecule has 6 heteroatoms. The molecular weight excluding hydrogens is 672 g/mol. The van der Waals surface area contributed by atoms with Crippen molar-refractivity contribution in [2.45, 2.75) is 56.4 Å². The van der Waals surface area contributed by atoms with Gasteiger partial charge >= 0.3 is 0 Å². The van der Waals surface area contributed by atoms with Gasteiger partial charge in [0.15, 0.2) is 0 Å². The average molecular weight is 707 g/mol. The Morgan fingerprint density at radius 3 is 2.49 bits per heavy atom. The van der Waals surface area contributed by atoms with Crippen molar-refractivity contribution < 1.29 is 28.5 Å². The summed E-state index contributed by atoms with van der Waals surface area (Å²) in [4.78, 5) is 6.49. The van der Waals surface area contributed by atoms with Gasteiger partial charge < -0.3 is 28.9 Å². The summed E-state index contributed by atoms with van der Waals surface area (Å²) < 4.78 is 3.78. The minimum atomic E-state index is 0. The first-order valence-corrected chi connectivity index (χ1v) is 16.6. The van der Waals surface area contributed by atoms with E-state index in [0.717, 1.165) is 25.9 Å². The van der Waals surface area contributed by atoms with Crippen LogP contribution in [0.4, 0.5) is 5.69 Å². The van der Waals surface area contributed by atoms with E-state index in [0.29, 0.717) is 0 Å². The number of thioether (sulfide) groups is 2. The van der Waals surface area contributed by atoms with Crippen LogP contribution in [0.3, 0.4) is 0 Å². The van der Waals surface area contributed by atoms with Crippen molar-refractivity contribution in [2.24, 2.45) is 0 Å². The van der Waals surface area contributed by atoms with Crippen molar-refractivity contribution in [3.05, 3.63) is 123 Å². The first-order valence-electron chi connectivity index (χ1n) is 14.2. The van der Waals surface area contributed by atoms with Crippen molar-refractivity contribution in [1.82, 2.24) is 0 Å². The standard InChI is InChI=1S/C35H35N2S3.HI/c1-4-36-29-13-6-8-15-31(29)39-33(36)23-19-26-11-10-12-27(35(26)38-28-21-17-25(3)18-22-28)20-24-34-37(5-2)30-14-7-9-16-32(30)40-34;/h6-9,13-24H,4-5,10-12H2,1-3H3;1H/q+1;/p-1. The van der Waals surface area contributed by atoms with Crippen LogP contribution in [0.15, 0.2) is 122 Å². The van der Waals surface area contributed by atoms with E-state index in [1.165, 1.54) is 63.8 Å². The smallest absolute Gasteiger partial charge is 0.262 e. The molecule has 2 heterocycles. The zero-order valence-electron chi connectivity index (χ0n) is 23.8. The Hall–Kier alpha value is -2.26. The van der Waals surface area contributed by atoms with Gasteiger partial charge in [0.2, 0.25) is 5.52 Å². The predicted octanol–water partition coefficient (Wildman–Crippen LogP) is 7.16. The van der Waals surface area contributed by atoms with Crippen molar-refractivity contribution >= 4 is 56.8 Å². The largest absolute Gasteiger partial charge is 1.00 e. The highest BCUT2D eigenvalue weighted by Crippen LogP contribution is 2.46. The normalized spacial score (nSPS) is 17.2. The minimum absolute atomic E-state index is 0. The summed E-state index contributed by atoms with van der Waals surface area (Å²) >= 11 is 5.69. The molecule has 210 valence electrons. The second-order valence-electron chi connectivity index (χ2n) is 10.1. The Kier molecular flexibility index (Phi) is 10.2. The van der Waals surface area contributed by atoms with Gasteiger partial charge in [-0.3, -0.25) is 0 Å². The van der Waals surface area contributed by atoms with Crippen molar-refractivity contribution in [3.8, 4) is 0 Å². The molecule has 1 aliphatic carbocycles. The maximum atomic E-state index is 2.43. The Bertz CT molecular complexity index is 1660. The molecule has 0 radical (unpaired) electrons. The first-order chi connectivity index (χ1) is 19.6. The molecule has 3 aromatic carbocycles. The molecule has 0 saturated carbocycles. The summed E-state index contributed by atoms with van der Waals surface area (Å²) in [6.45, 7) is 8.58. The third-order valence-electron chi connectivity index (χ3n) is 7.48. The number of hydrogen-bond acceptors (Lipinski definition) is 4. The van der Waals surface area contributed by atoms with Crippen LogP contribution in [0.5, 0.6) is 0 Å². The van der Waals surface area contributed by atoms with E-state index in [9.17, 15) is 0 Å². The summed E-state index contributed by atoms with van der Waals surface area (Å²) in [6, 6.07) is 26.5. The number of nitrogens with zero attached hydrogens (tertiary/aromatic N) is 2. The molecule has 4 aromatic rings. The summed E-state index contributed by atoms with van der Waals surface area (Å²) in [5.41, 5.74) is 6.83. The number of aryl methyl sites for hydroxylation is 2. The van der Waals surface area contributed by atoms with Gasteiger partial charge in [-0.2, -0.15) is 4.57 Å². The Morgan fingerprint density at radius 1 is 0.902 bits per heavy atom. The number of aromatic nitrogens is 1. The van der Waals surface area contributed by atoms with E-state index in [-0.39, 0.29) is 24.0 Å². The van der Waals surface area contributed by atoms with E-state index in [4.69, 9.17) is 0 Å². The fraction of sp³-hybridized carbons (Fsp3) is 0.229. The Balaban J connectivity index is 0.00000337. The third kappa shape index (κ3) is 6.56. The van der Waals surface area contributed by atoms with Crippen LogP contribution < -0.4 is 33.4 Å². The van der Waals surface area contributed by atoms with E-state index in [1.54, 1.807) is 0 Å². The lowest BCUT2D eigenvalue weighted by atomic mass is 9.94. The van der Waals surface area contributed by atoms with Gasteiger partial charge in [0.05, 0.1) is 10.7 Å². The molecule has 0 fully saturated rings. The molecule has 0 atom stereocenters. The van der Waals surface area contributed by atoms with Gasteiger partial charge in [0.25, 0.3) is 5.01 Å². The lowest BCUT2D eigenvalue weighted by Crippen LogP contribution is -3.00. The monoisotopic (exact) mass is 706 g/mol. The number of para-hydroxylation sites is 2. The Morgan fingerprint density at radius 2 is 1.68 bits per heavy atom.